The van der Waals surface area contributed by atoms with E-state index in [-0.39, 0.29) is 0 Å². The number of anilines is 1. The van der Waals surface area contributed by atoms with Gasteiger partial charge in [-0.05, 0) is 13.3 Å². The van der Waals surface area contributed by atoms with Crippen molar-refractivity contribution in [3.8, 4) is 11.5 Å². The molecule has 1 saturated heterocycles. The summed E-state index contributed by atoms with van der Waals surface area (Å²) in [6.07, 6.45) is 1.02. The number of rotatable bonds is 6. The maximum atomic E-state index is 5.39. The van der Waals surface area contributed by atoms with Gasteiger partial charge in [0.25, 0.3) is 0 Å². The van der Waals surface area contributed by atoms with Gasteiger partial charge in [-0.2, -0.15) is 0 Å². The van der Waals surface area contributed by atoms with Crippen LogP contribution in [0.15, 0.2) is 23.2 Å². The molecule has 9 heteroatoms. The van der Waals surface area contributed by atoms with Crippen molar-refractivity contribution in [2.45, 2.75) is 25.9 Å². The summed E-state index contributed by atoms with van der Waals surface area (Å²) in [5.41, 5.74) is 1.10. The van der Waals surface area contributed by atoms with Crippen LogP contribution in [0.25, 0.3) is 0 Å². The molecule has 0 spiro atoms. The lowest BCUT2D eigenvalue weighted by Crippen LogP contribution is -2.44. The summed E-state index contributed by atoms with van der Waals surface area (Å²) in [5.74, 6) is 4.11. The maximum Gasteiger partial charge on any atom is 0.191 e. The zero-order valence-electron chi connectivity index (χ0n) is 17.2. The molecule has 1 aliphatic heterocycles. The van der Waals surface area contributed by atoms with E-state index >= 15 is 0 Å². The van der Waals surface area contributed by atoms with Gasteiger partial charge in [0.05, 0.1) is 20.8 Å². The van der Waals surface area contributed by atoms with E-state index in [9.17, 15) is 0 Å². The molecule has 2 N–H and O–H groups in total. The third kappa shape index (κ3) is 4.47. The van der Waals surface area contributed by atoms with Crippen LogP contribution in [0.5, 0.6) is 11.5 Å². The fraction of sp³-hybridized carbons (Fsp3) is 0.526. The van der Waals surface area contributed by atoms with Crippen molar-refractivity contribution in [3.63, 3.8) is 0 Å². The second kappa shape index (κ2) is 8.81. The van der Waals surface area contributed by atoms with Crippen molar-refractivity contribution >= 4 is 11.6 Å². The summed E-state index contributed by atoms with van der Waals surface area (Å²) in [5, 5.41) is 15.1. The second-order valence-corrected chi connectivity index (χ2v) is 6.80. The molecule has 1 unspecified atom stereocenters. The van der Waals surface area contributed by atoms with E-state index < -0.39 is 0 Å². The van der Waals surface area contributed by atoms with Crippen LogP contribution in [0.1, 0.15) is 18.1 Å². The van der Waals surface area contributed by atoms with Gasteiger partial charge in [-0.3, -0.25) is 4.99 Å². The van der Waals surface area contributed by atoms with E-state index in [1.165, 1.54) is 0 Å². The Morgan fingerprint density at radius 1 is 1.21 bits per heavy atom. The van der Waals surface area contributed by atoms with Gasteiger partial charge in [0.15, 0.2) is 11.8 Å². The van der Waals surface area contributed by atoms with Crippen LogP contribution in [0.3, 0.4) is 0 Å². The molecule has 0 aliphatic carbocycles. The topological polar surface area (TPSA) is 88.8 Å². The van der Waals surface area contributed by atoms with Gasteiger partial charge in [0.1, 0.15) is 17.3 Å². The lowest BCUT2D eigenvalue weighted by Gasteiger charge is -2.21. The number of ether oxygens (including phenoxy) is 2. The van der Waals surface area contributed by atoms with Crippen LogP contribution >= 0.6 is 0 Å². The van der Waals surface area contributed by atoms with Crippen molar-refractivity contribution in [1.82, 2.24) is 25.4 Å². The van der Waals surface area contributed by atoms with Gasteiger partial charge in [-0.25, -0.2) is 0 Å². The summed E-state index contributed by atoms with van der Waals surface area (Å²) in [7, 11) is 7.07. The van der Waals surface area contributed by atoms with Crippen LogP contribution in [0.4, 0.5) is 5.69 Å². The molecule has 0 radical (unpaired) electrons. The fourth-order valence-electron chi connectivity index (χ4n) is 3.24. The first-order valence-electron chi connectivity index (χ1n) is 9.34. The SMILES string of the molecule is CN=C(NCc1nnc(C)n1C)NC1CCN(c2cc(OC)cc(OC)c2)C1. The minimum Gasteiger partial charge on any atom is -0.497 e. The average molecular weight is 387 g/mol. The van der Waals surface area contributed by atoms with Gasteiger partial charge in [0.2, 0.25) is 0 Å². The smallest absolute Gasteiger partial charge is 0.191 e. The number of aryl methyl sites for hydroxylation is 1. The molecule has 152 valence electrons. The van der Waals surface area contributed by atoms with Gasteiger partial charge in [-0.1, -0.05) is 0 Å². The summed E-state index contributed by atoms with van der Waals surface area (Å²) in [6, 6.07) is 6.25. The summed E-state index contributed by atoms with van der Waals surface area (Å²) < 4.78 is 12.7. The predicted octanol–water partition coefficient (Wildman–Crippen LogP) is 1.08. The van der Waals surface area contributed by atoms with E-state index in [2.05, 4.69) is 30.7 Å². The Labute approximate surface area is 165 Å². The molecule has 3 rings (SSSR count). The Morgan fingerprint density at radius 3 is 2.50 bits per heavy atom. The van der Waals surface area contributed by atoms with E-state index in [1.54, 1.807) is 21.3 Å². The van der Waals surface area contributed by atoms with Crippen LogP contribution in [-0.2, 0) is 13.6 Å². The summed E-state index contributed by atoms with van der Waals surface area (Å²) in [6.45, 7) is 4.33. The van der Waals surface area contributed by atoms with Gasteiger partial charge < -0.3 is 29.6 Å². The molecule has 2 aromatic rings. The van der Waals surface area contributed by atoms with Crippen molar-refractivity contribution in [2.24, 2.45) is 12.0 Å². The molecule has 0 saturated carbocycles. The Morgan fingerprint density at radius 2 is 1.93 bits per heavy atom. The lowest BCUT2D eigenvalue weighted by atomic mass is 10.2. The average Bonchev–Trinajstić information content (AvgIpc) is 3.32. The van der Waals surface area contributed by atoms with Crippen LogP contribution in [-0.4, -0.2) is 61.1 Å². The molecular formula is C19H29N7O2. The van der Waals surface area contributed by atoms with Gasteiger partial charge in [-0.15, -0.1) is 10.2 Å². The lowest BCUT2D eigenvalue weighted by molar-refractivity contribution is 0.394. The standard InChI is InChI=1S/C19H29N7O2/c1-13-23-24-18(25(13)3)11-21-19(20-2)22-14-6-7-26(12-14)15-8-16(27-4)10-17(9-15)28-5/h8-10,14H,6-7,11-12H2,1-5H3,(H2,20,21,22). The minimum absolute atomic E-state index is 0.296. The third-order valence-corrected chi connectivity index (χ3v) is 5.05. The van der Waals surface area contributed by atoms with Crippen LogP contribution < -0.4 is 25.0 Å². The summed E-state index contributed by atoms with van der Waals surface area (Å²) in [4.78, 5) is 6.66. The molecule has 2 heterocycles. The van der Waals surface area contributed by atoms with Gasteiger partial charge in [0, 0.05) is 57.1 Å². The molecule has 1 aromatic carbocycles. The number of benzene rings is 1. The molecule has 1 aromatic heterocycles. The Hall–Kier alpha value is -2.97. The van der Waals surface area contributed by atoms with Crippen LogP contribution in [0, 0.1) is 6.92 Å². The van der Waals surface area contributed by atoms with Crippen LogP contribution in [0.2, 0.25) is 0 Å². The zero-order valence-corrected chi connectivity index (χ0v) is 17.2. The van der Waals surface area contributed by atoms with E-state index in [4.69, 9.17) is 9.47 Å². The van der Waals surface area contributed by atoms with Gasteiger partial charge >= 0.3 is 0 Å². The number of nitrogens with zero attached hydrogens (tertiary/aromatic N) is 5. The van der Waals surface area contributed by atoms with Crippen molar-refractivity contribution in [3.05, 3.63) is 29.8 Å². The monoisotopic (exact) mass is 387 g/mol. The normalized spacial score (nSPS) is 17.0. The first kappa shape index (κ1) is 19.8. The number of aliphatic imine (C=N–C) groups is 1. The first-order chi connectivity index (χ1) is 13.5. The highest BCUT2D eigenvalue weighted by Gasteiger charge is 2.24. The second-order valence-electron chi connectivity index (χ2n) is 6.80. The highest BCUT2D eigenvalue weighted by atomic mass is 16.5. The highest BCUT2D eigenvalue weighted by Crippen LogP contribution is 2.30. The number of aromatic nitrogens is 3. The van der Waals surface area contributed by atoms with Crippen molar-refractivity contribution in [1.29, 1.82) is 0 Å². The Bertz CT molecular complexity index is 811. The van der Waals surface area contributed by atoms with E-state index in [0.717, 1.165) is 54.3 Å². The number of guanidine groups is 1. The highest BCUT2D eigenvalue weighted by molar-refractivity contribution is 5.80. The van der Waals surface area contributed by atoms with Crippen molar-refractivity contribution in [2.75, 3.05) is 39.3 Å². The van der Waals surface area contributed by atoms with E-state index in [1.807, 2.05) is 36.7 Å². The zero-order chi connectivity index (χ0) is 20.1. The molecular weight excluding hydrogens is 358 g/mol. The molecule has 1 aliphatic rings. The first-order valence-corrected chi connectivity index (χ1v) is 9.34. The molecule has 1 atom stereocenters. The Balaban J connectivity index is 1.58. The molecule has 9 nitrogen and oxygen atoms in total. The number of nitrogens with one attached hydrogen (secondary N) is 2. The quantitative estimate of drug-likeness (QED) is 0.566. The molecule has 0 bridgehead atoms. The number of hydrogen-bond acceptors (Lipinski definition) is 6. The summed E-state index contributed by atoms with van der Waals surface area (Å²) >= 11 is 0. The largest absolute Gasteiger partial charge is 0.497 e. The third-order valence-electron chi connectivity index (χ3n) is 5.05. The Kier molecular flexibility index (Phi) is 6.23. The maximum absolute atomic E-state index is 5.39. The molecule has 1 fully saturated rings. The number of methoxy groups -OCH3 is 2. The van der Waals surface area contributed by atoms with E-state index in [0.29, 0.717) is 12.6 Å². The minimum atomic E-state index is 0.296. The predicted molar refractivity (Wildman–Crippen MR) is 109 cm³/mol. The molecule has 0 amide bonds. The number of hydrogen-bond donors (Lipinski definition) is 2. The molecule has 28 heavy (non-hydrogen) atoms. The fourth-order valence-corrected chi connectivity index (χ4v) is 3.24. The van der Waals surface area contributed by atoms with Crippen molar-refractivity contribution < 1.29 is 9.47 Å².